The summed E-state index contributed by atoms with van der Waals surface area (Å²) in [6.07, 6.45) is 12.3. The Hall–Kier alpha value is -3.24. The van der Waals surface area contributed by atoms with Crippen LogP contribution < -0.4 is 10.1 Å². The number of alkyl carbamates (subject to hydrolysis) is 1. The molecule has 1 amide bonds. The highest BCUT2D eigenvalue weighted by Gasteiger charge is 2.87. The molecule has 10 saturated carbocycles. The maximum atomic E-state index is 13.0. The standard InChI is InChI=1S/C39H57NO9.C37H62N2O6.C5H11N/c1-9-46-32(35(5,6)43)25-20-22(2)29-30(48-25)31(41)37(8)27-15-14-26-34(3,4)28(16-17-38(26)21-39(27,38)19-18-36(29,37)7)49-33(42)47-24-12-10-23(11-13-24)40(44)45;1-10-43-30(33(5,6)42)23-17-21(2)27-28(44-23)29(40)35(8)25-12-11-24-32(3,4)26(45-31(41)38-22-18-39(9)19-22)13-14-36(24)20-37(25,36)16-15-34(27,35)7;1-5-3-6(2)4-5/h10-13,22,25-32,41,43H,9,14-21H2,1-8H3;21-30,40,42H,10-20H2,1-9H3,(H,38,41);5H,3-4H2,1-2H3/t22-,25-,26+,27+,28+,29+,30+,31+,32+,36-,37-,38-,39+;21-,23-,24+,25+,26+,27+,28+,29+,30+,34-,35-,36-,37+;/m11./s1. The van der Waals surface area contributed by atoms with Crippen molar-refractivity contribution in [2.45, 2.75) is 299 Å². The Balaban J connectivity index is 0.000000166. The van der Waals surface area contributed by atoms with Crippen LogP contribution in [0.4, 0.5) is 15.3 Å². The number of hydrogen-bond acceptors (Lipinski definition) is 17. The fourth-order valence-electron chi connectivity index (χ4n) is 28.3. The number of carbonyl (C=O) groups excluding carboxylic acids is 2. The van der Waals surface area contributed by atoms with E-state index in [1.54, 1.807) is 13.8 Å². The number of benzene rings is 1. The minimum absolute atomic E-state index is 0.00659. The van der Waals surface area contributed by atoms with E-state index in [2.05, 4.69) is 105 Å². The van der Waals surface area contributed by atoms with E-state index in [-0.39, 0.29) is 126 Å². The van der Waals surface area contributed by atoms with E-state index < -0.39 is 46.7 Å². The minimum atomic E-state index is -1.06. The Bertz CT molecular complexity index is 3190. The largest absolute Gasteiger partial charge is 0.514 e. The van der Waals surface area contributed by atoms with Crippen LogP contribution >= 0.6 is 0 Å². The summed E-state index contributed by atoms with van der Waals surface area (Å²) < 4.78 is 43.7. The van der Waals surface area contributed by atoms with E-state index in [0.29, 0.717) is 48.7 Å². The third-order valence-corrected chi connectivity index (χ3v) is 32.7. The molecule has 19 heteroatoms. The molecule has 10 aliphatic carbocycles. The molecule has 0 radical (unpaired) electrons. The Morgan fingerprint density at radius 2 is 1.01 bits per heavy atom. The maximum Gasteiger partial charge on any atom is 0.514 e. The van der Waals surface area contributed by atoms with Crippen molar-refractivity contribution >= 4 is 17.9 Å². The van der Waals surface area contributed by atoms with Crippen LogP contribution in [0.1, 0.15) is 220 Å². The van der Waals surface area contributed by atoms with Crippen LogP contribution in [-0.2, 0) is 28.4 Å². The predicted octanol–water partition coefficient (Wildman–Crippen LogP) is 13.4. The van der Waals surface area contributed by atoms with Gasteiger partial charge in [-0.3, -0.25) is 10.1 Å². The smallest absolute Gasteiger partial charge is 0.446 e. The third kappa shape index (κ3) is 11.2. The number of rotatable bonds is 13. The summed E-state index contributed by atoms with van der Waals surface area (Å²) in [6, 6.07) is 5.65. The van der Waals surface area contributed by atoms with Crippen LogP contribution in [0, 0.1) is 118 Å². The number of nitrogens with zero attached hydrogens (tertiary/aromatic N) is 3. The molecular weight excluding hydrogens is 1270 g/mol. The lowest BCUT2D eigenvalue weighted by Gasteiger charge is -2.63. The van der Waals surface area contributed by atoms with Crippen LogP contribution in [0.2, 0.25) is 0 Å². The lowest BCUT2D eigenvalue weighted by molar-refractivity contribution is -0.384. The summed E-state index contributed by atoms with van der Waals surface area (Å²) in [6.45, 7) is 42.4. The quantitative estimate of drug-likeness (QED) is 0.0534. The lowest BCUT2D eigenvalue weighted by atomic mass is 9.41. The summed E-state index contributed by atoms with van der Waals surface area (Å²) in [4.78, 5) is 40.9. The Labute approximate surface area is 598 Å². The second-order valence-corrected chi connectivity index (χ2v) is 39.2. The fourth-order valence-corrected chi connectivity index (χ4v) is 28.3. The molecule has 4 heterocycles. The first-order valence-electron chi connectivity index (χ1n) is 39.4. The molecule has 100 heavy (non-hydrogen) atoms. The fraction of sp³-hybridized carbons (Fsp3) is 0.901. The molecule has 0 unspecified atom stereocenters. The normalized spacial score (nSPS) is 46.8. The first kappa shape index (κ1) is 75.0. The average Bonchev–Trinajstić information content (AvgIpc) is 1.46. The lowest BCUT2D eigenvalue weighted by Crippen LogP contribution is -2.61. The Morgan fingerprint density at radius 1 is 0.610 bits per heavy atom. The highest BCUT2D eigenvalue weighted by molar-refractivity contribution is 5.68. The van der Waals surface area contributed by atoms with Gasteiger partial charge >= 0.3 is 12.2 Å². The highest BCUT2D eigenvalue weighted by Crippen LogP contribution is 2.91. The second-order valence-electron chi connectivity index (χ2n) is 39.2. The highest BCUT2D eigenvalue weighted by atomic mass is 16.7. The van der Waals surface area contributed by atoms with Gasteiger partial charge in [0.05, 0.1) is 58.8 Å². The molecule has 26 atom stereocenters. The van der Waals surface area contributed by atoms with Crippen molar-refractivity contribution in [2.24, 2.45) is 107 Å². The number of ether oxygens (including phenoxy) is 7. The SMILES string of the molecule is CC1CN(C)C1.CCO[C@@H]([C@H]1C[C@@H](C)[C@H]2[C@H](O1)[C@H](O)[C@@]1(C)[C@@H]3CC[C@H]4C(C)(C)[C@@H](OC(=O)NC5CN(C)C5)CC[C@@]45C[C@@]35CC[C@]21C)C(C)(C)O.CCO[C@@H]([C@H]1C[C@@H](C)[C@H]2[C@H](O1)[C@H](O)[C@@]1(C)[C@@H]3CC[C@H]4C(C)(C)[C@@H](OC(=O)Oc5ccc([N+](=O)[O-])cc5)CC[C@@]45C[C@@]35CC[C@]21C)C(C)(C)O. The summed E-state index contributed by atoms with van der Waals surface area (Å²) in [7, 11) is 4.22. The molecule has 14 aliphatic rings. The number of nitrogens with one attached hydrogen (secondary N) is 1. The molecule has 5 N–H and O–H groups in total. The first-order valence-corrected chi connectivity index (χ1v) is 39.4. The van der Waals surface area contributed by atoms with Crippen LogP contribution in [0.5, 0.6) is 5.75 Å². The molecule has 0 aromatic heterocycles. The van der Waals surface area contributed by atoms with E-state index in [1.807, 2.05) is 27.7 Å². The first-order chi connectivity index (χ1) is 46.6. The van der Waals surface area contributed by atoms with Crippen molar-refractivity contribution in [3.63, 3.8) is 0 Å². The molecule has 14 fully saturated rings. The molecular formula is C81H130N4O15. The molecule has 19 nitrogen and oxygen atoms in total. The zero-order valence-corrected chi connectivity index (χ0v) is 64.5. The van der Waals surface area contributed by atoms with Crippen molar-refractivity contribution in [3.8, 4) is 5.75 Å². The van der Waals surface area contributed by atoms with Crippen molar-refractivity contribution in [1.29, 1.82) is 0 Å². The van der Waals surface area contributed by atoms with Gasteiger partial charge in [0.2, 0.25) is 0 Å². The van der Waals surface area contributed by atoms with Crippen LogP contribution in [-0.4, -0.2) is 179 Å². The number of aliphatic hydroxyl groups is 4. The molecule has 4 spiro atoms. The van der Waals surface area contributed by atoms with Crippen LogP contribution in [0.15, 0.2) is 24.3 Å². The summed E-state index contributed by atoms with van der Waals surface area (Å²) in [5.74, 6) is 4.15. The number of non-ortho nitro benzene ring substituents is 1. The van der Waals surface area contributed by atoms with Gasteiger partial charge in [-0.1, -0.05) is 76.2 Å². The monoisotopic (exact) mass is 1400 g/mol. The van der Waals surface area contributed by atoms with E-state index in [4.69, 9.17) is 33.2 Å². The number of hydrogen-bond donors (Lipinski definition) is 5. The molecule has 15 rings (SSSR count). The number of amides is 1. The molecule has 1 aromatic carbocycles. The Morgan fingerprint density at radius 3 is 1.38 bits per heavy atom. The van der Waals surface area contributed by atoms with Gasteiger partial charge in [-0.05, 0) is 256 Å². The number of likely N-dealkylation sites (tertiary alicyclic amines) is 2. The molecule has 4 saturated heterocycles. The van der Waals surface area contributed by atoms with Gasteiger partial charge in [0.25, 0.3) is 5.69 Å². The molecule has 4 aliphatic heterocycles. The van der Waals surface area contributed by atoms with Crippen molar-refractivity contribution < 1.29 is 68.1 Å². The zero-order chi connectivity index (χ0) is 72.6. The van der Waals surface area contributed by atoms with Gasteiger partial charge < -0.3 is 68.7 Å². The third-order valence-electron chi connectivity index (χ3n) is 32.7. The van der Waals surface area contributed by atoms with Gasteiger partial charge in [0.1, 0.15) is 30.2 Å². The van der Waals surface area contributed by atoms with Gasteiger partial charge in [0.15, 0.2) is 0 Å². The second kappa shape index (κ2) is 25.5. The van der Waals surface area contributed by atoms with E-state index >= 15 is 0 Å². The van der Waals surface area contributed by atoms with E-state index in [9.17, 15) is 40.1 Å². The minimum Gasteiger partial charge on any atom is -0.446 e. The van der Waals surface area contributed by atoms with Crippen molar-refractivity contribution in [3.05, 3.63) is 34.4 Å². The summed E-state index contributed by atoms with van der Waals surface area (Å²) >= 11 is 0. The van der Waals surface area contributed by atoms with Gasteiger partial charge in [0, 0.05) is 73.2 Å². The number of nitro benzene ring substituents is 1. The molecule has 0 bridgehead atoms. The number of fused-ring (bicyclic) bond motifs is 8. The van der Waals surface area contributed by atoms with Crippen molar-refractivity contribution in [1.82, 2.24) is 15.1 Å². The number of nitro groups is 1. The van der Waals surface area contributed by atoms with E-state index in [0.717, 1.165) is 109 Å². The molecule has 1 aromatic rings. The maximum absolute atomic E-state index is 13.0. The summed E-state index contributed by atoms with van der Waals surface area (Å²) in [5, 5.41) is 61.2. The number of aliphatic hydroxyl groups excluding tert-OH is 2. The topological polar surface area (TPSA) is 241 Å². The van der Waals surface area contributed by atoms with Gasteiger partial charge in [-0.15, -0.1) is 0 Å². The summed E-state index contributed by atoms with van der Waals surface area (Å²) in [5.41, 5.74) is -2.26. The number of likely N-dealkylation sites (N-methyl/N-ethyl adjacent to an activating group) is 1. The van der Waals surface area contributed by atoms with Gasteiger partial charge in [-0.25, -0.2) is 9.59 Å². The number of carbonyl (C=O) groups is 2. The van der Waals surface area contributed by atoms with Crippen LogP contribution in [0.25, 0.3) is 0 Å². The Kier molecular flexibility index (Phi) is 19.1. The average molecular weight is 1400 g/mol. The predicted molar refractivity (Wildman–Crippen MR) is 381 cm³/mol. The molecule has 564 valence electrons. The van der Waals surface area contributed by atoms with E-state index in [1.165, 1.54) is 50.2 Å². The van der Waals surface area contributed by atoms with Crippen molar-refractivity contribution in [2.75, 3.05) is 53.5 Å². The van der Waals surface area contributed by atoms with Crippen LogP contribution in [0.3, 0.4) is 0 Å². The zero-order valence-electron chi connectivity index (χ0n) is 64.5. The van der Waals surface area contributed by atoms with Gasteiger partial charge in [-0.2, -0.15) is 0 Å².